The fourth-order valence-corrected chi connectivity index (χ4v) is 1.84. The summed E-state index contributed by atoms with van der Waals surface area (Å²) in [4.78, 5) is 21.0. The summed E-state index contributed by atoms with van der Waals surface area (Å²) >= 11 is 0. The molecule has 2 rings (SSSR count). The minimum absolute atomic E-state index is 0.0163. The van der Waals surface area contributed by atoms with Crippen molar-refractivity contribution in [2.75, 3.05) is 27.3 Å². The summed E-state index contributed by atoms with van der Waals surface area (Å²) in [6.45, 7) is 1.35. The second-order valence-electron chi connectivity index (χ2n) is 4.21. The Balaban J connectivity index is 2.07. The highest BCUT2D eigenvalue weighted by molar-refractivity contribution is 5.97. The maximum atomic E-state index is 12.2. The molecule has 0 aliphatic carbocycles. The van der Waals surface area contributed by atoms with Crippen LogP contribution in [0.4, 0.5) is 0 Å². The number of nitrogens with one attached hydrogen (secondary N) is 1. The van der Waals surface area contributed by atoms with Crippen LogP contribution in [0.2, 0.25) is 0 Å². The van der Waals surface area contributed by atoms with E-state index in [0.717, 1.165) is 17.5 Å². The lowest BCUT2D eigenvalue weighted by molar-refractivity contribution is 0.0779. The minimum Gasteiger partial charge on any atom is -0.385 e. The topological polar surface area (TPSA) is 58.2 Å². The first kappa shape index (κ1) is 12.6. The van der Waals surface area contributed by atoms with Crippen LogP contribution in [0.1, 0.15) is 16.8 Å². The number of hydrogen-bond donors (Lipinski definition) is 1. The van der Waals surface area contributed by atoms with E-state index in [4.69, 9.17) is 4.74 Å². The van der Waals surface area contributed by atoms with Gasteiger partial charge < -0.3 is 14.6 Å². The average molecular weight is 247 g/mol. The Labute approximate surface area is 106 Å². The van der Waals surface area contributed by atoms with E-state index in [2.05, 4.69) is 9.97 Å². The van der Waals surface area contributed by atoms with Crippen LogP contribution in [0.5, 0.6) is 0 Å². The molecular formula is C13H17N3O2. The van der Waals surface area contributed by atoms with Crippen LogP contribution in [0.25, 0.3) is 11.0 Å². The average Bonchev–Trinajstić information content (AvgIpc) is 2.85. The molecule has 1 N–H and O–H groups in total. The van der Waals surface area contributed by atoms with Crippen molar-refractivity contribution in [1.82, 2.24) is 14.9 Å². The van der Waals surface area contributed by atoms with Crippen molar-refractivity contribution in [2.24, 2.45) is 0 Å². The first-order valence-electron chi connectivity index (χ1n) is 5.90. The number of aromatic amines is 1. The molecule has 0 atom stereocenters. The Morgan fingerprint density at radius 1 is 1.50 bits per heavy atom. The van der Waals surface area contributed by atoms with E-state index < -0.39 is 0 Å². The number of benzene rings is 1. The summed E-state index contributed by atoms with van der Waals surface area (Å²) in [6, 6.07) is 5.48. The Hall–Kier alpha value is -1.88. The summed E-state index contributed by atoms with van der Waals surface area (Å²) in [5, 5.41) is 0. The number of amides is 1. The summed E-state index contributed by atoms with van der Waals surface area (Å²) in [5.41, 5.74) is 2.42. The van der Waals surface area contributed by atoms with Gasteiger partial charge in [-0.25, -0.2) is 4.98 Å². The molecule has 0 unspecified atom stereocenters. The largest absolute Gasteiger partial charge is 0.385 e. The molecule has 0 fully saturated rings. The third-order valence-electron chi connectivity index (χ3n) is 2.86. The zero-order valence-corrected chi connectivity index (χ0v) is 10.6. The zero-order chi connectivity index (χ0) is 13.0. The first-order chi connectivity index (χ1) is 8.72. The van der Waals surface area contributed by atoms with Crippen LogP contribution in [0.15, 0.2) is 24.5 Å². The van der Waals surface area contributed by atoms with Crippen molar-refractivity contribution in [2.45, 2.75) is 6.42 Å². The van der Waals surface area contributed by atoms with Gasteiger partial charge in [0.15, 0.2) is 0 Å². The number of carbonyl (C=O) groups is 1. The van der Waals surface area contributed by atoms with Crippen LogP contribution in [0, 0.1) is 0 Å². The molecule has 5 heteroatoms. The maximum Gasteiger partial charge on any atom is 0.253 e. The Morgan fingerprint density at radius 3 is 3.11 bits per heavy atom. The van der Waals surface area contributed by atoms with E-state index >= 15 is 0 Å². The molecule has 1 aromatic heterocycles. The van der Waals surface area contributed by atoms with E-state index in [-0.39, 0.29) is 5.91 Å². The van der Waals surface area contributed by atoms with E-state index in [1.54, 1.807) is 31.5 Å². The fourth-order valence-electron chi connectivity index (χ4n) is 1.84. The number of methoxy groups -OCH3 is 1. The Morgan fingerprint density at radius 2 is 2.33 bits per heavy atom. The van der Waals surface area contributed by atoms with Gasteiger partial charge in [-0.05, 0) is 24.6 Å². The molecule has 0 radical (unpaired) electrons. The predicted molar refractivity (Wildman–Crippen MR) is 69.5 cm³/mol. The second kappa shape index (κ2) is 5.64. The third kappa shape index (κ3) is 2.68. The molecule has 1 heterocycles. The summed E-state index contributed by atoms with van der Waals surface area (Å²) in [7, 11) is 3.46. The zero-order valence-electron chi connectivity index (χ0n) is 10.6. The quantitative estimate of drug-likeness (QED) is 0.818. The number of aromatic nitrogens is 2. The number of fused-ring (bicyclic) bond motifs is 1. The summed E-state index contributed by atoms with van der Waals surface area (Å²) in [5.74, 6) is 0.0163. The fraction of sp³-hybridized carbons (Fsp3) is 0.385. The minimum atomic E-state index is 0.0163. The van der Waals surface area contributed by atoms with Crippen molar-refractivity contribution in [3.05, 3.63) is 30.1 Å². The van der Waals surface area contributed by atoms with Gasteiger partial charge in [0.05, 0.1) is 17.4 Å². The lowest BCUT2D eigenvalue weighted by Crippen LogP contribution is -2.28. The highest BCUT2D eigenvalue weighted by atomic mass is 16.5. The van der Waals surface area contributed by atoms with Crippen molar-refractivity contribution in [3.8, 4) is 0 Å². The van der Waals surface area contributed by atoms with Crippen LogP contribution < -0.4 is 0 Å². The monoisotopic (exact) mass is 247 g/mol. The van der Waals surface area contributed by atoms with Gasteiger partial charge in [-0.1, -0.05) is 0 Å². The van der Waals surface area contributed by atoms with Gasteiger partial charge in [0, 0.05) is 32.9 Å². The van der Waals surface area contributed by atoms with Crippen LogP contribution >= 0.6 is 0 Å². The second-order valence-corrected chi connectivity index (χ2v) is 4.21. The molecule has 18 heavy (non-hydrogen) atoms. The molecule has 0 spiro atoms. The van der Waals surface area contributed by atoms with Gasteiger partial charge in [0.1, 0.15) is 0 Å². The Bertz CT molecular complexity index is 536. The van der Waals surface area contributed by atoms with Crippen molar-refractivity contribution < 1.29 is 9.53 Å². The highest BCUT2D eigenvalue weighted by Gasteiger charge is 2.12. The molecule has 0 saturated carbocycles. The molecule has 1 amide bonds. The number of rotatable bonds is 5. The van der Waals surface area contributed by atoms with Gasteiger partial charge in [-0.3, -0.25) is 4.79 Å². The van der Waals surface area contributed by atoms with Crippen molar-refractivity contribution in [3.63, 3.8) is 0 Å². The van der Waals surface area contributed by atoms with Gasteiger partial charge >= 0.3 is 0 Å². The van der Waals surface area contributed by atoms with Crippen molar-refractivity contribution in [1.29, 1.82) is 0 Å². The molecule has 0 aliphatic heterocycles. The van der Waals surface area contributed by atoms with Gasteiger partial charge in [0.25, 0.3) is 5.91 Å². The predicted octanol–water partition coefficient (Wildman–Crippen LogP) is 1.67. The van der Waals surface area contributed by atoms with E-state index in [9.17, 15) is 4.79 Å². The summed E-state index contributed by atoms with van der Waals surface area (Å²) < 4.78 is 4.97. The number of H-pyrrole nitrogens is 1. The SMILES string of the molecule is COCCCN(C)C(=O)c1ccc2nc[nH]c2c1. The van der Waals surface area contributed by atoms with E-state index in [1.807, 2.05) is 12.1 Å². The van der Waals surface area contributed by atoms with Crippen LogP contribution in [-0.4, -0.2) is 48.1 Å². The molecule has 0 aliphatic rings. The van der Waals surface area contributed by atoms with Gasteiger partial charge in [-0.2, -0.15) is 0 Å². The van der Waals surface area contributed by atoms with E-state index in [1.165, 1.54) is 0 Å². The van der Waals surface area contributed by atoms with Crippen LogP contribution in [0.3, 0.4) is 0 Å². The smallest absolute Gasteiger partial charge is 0.253 e. The number of imidazole rings is 1. The van der Waals surface area contributed by atoms with E-state index in [0.29, 0.717) is 18.7 Å². The molecule has 5 nitrogen and oxygen atoms in total. The van der Waals surface area contributed by atoms with Gasteiger partial charge in [-0.15, -0.1) is 0 Å². The lowest BCUT2D eigenvalue weighted by Gasteiger charge is -2.16. The van der Waals surface area contributed by atoms with Crippen LogP contribution in [-0.2, 0) is 4.74 Å². The molecule has 0 bridgehead atoms. The first-order valence-corrected chi connectivity index (χ1v) is 5.90. The maximum absolute atomic E-state index is 12.2. The number of carbonyl (C=O) groups excluding carboxylic acids is 1. The third-order valence-corrected chi connectivity index (χ3v) is 2.86. The molecule has 96 valence electrons. The molecular weight excluding hydrogens is 230 g/mol. The highest BCUT2D eigenvalue weighted by Crippen LogP contribution is 2.13. The lowest BCUT2D eigenvalue weighted by atomic mass is 10.1. The number of nitrogens with zero attached hydrogens (tertiary/aromatic N) is 2. The normalized spacial score (nSPS) is 10.8. The molecule has 2 aromatic rings. The van der Waals surface area contributed by atoms with Gasteiger partial charge in [0.2, 0.25) is 0 Å². The standard InChI is InChI=1S/C13H17N3O2/c1-16(6-3-7-18-2)13(17)10-4-5-11-12(8-10)15-9-14-11/h4-5,8-9H,3,6-7H2,1-2H3,(H,14,15). The summed E-state index contributed by atoms with van der Waals surface area (Å²) in [6.07, 6.45) is 2.46. The molecule has 1 aromatic carbocycles. The number of ether oxygens (including phenoxy) is 1. The Kier molecular flexibility index (Phi) is 3.94. The van der Waals surface area contributed by atoms with Crippen molar-refractivity contribution >= 4 is 16.9 Å². The number of hydrogen-bond acceptors (Lipinski definition) is 3. The molecule has 0 saturated heterocycles.